The Hall–Kier alpha value is -0.800. The maximum atomic E-state index is 12.9. The lowest BCUT2D eigenvalue weighted by molar-refractivity contribution is 0.102. The standard InChI is InChI=1S/C8H6Cl2FNO/c9-3-7(13)4-1-5(10)8(12)6(11)2-4/h1-2H,3,12H2. The number of halogens is 3. The molecule has 0 saturated carbocycles. The van der Waals surface area contributed by atoms with Crippen LogP contribution in [0.15, 0.2) is 12.1 Å². The lowest BCUT2D eigenvalue weighted by atomic mass is 10.1. The van der Waals surface area contributed by atoms with Crippen molar-refractivity contribution < 1.29 is 9.18 Å². The largest absolute Gasteiger partial charge is 0.395 e. The van der Waals surface area contributed by atoms with Gasteiger partial charge in [0.15, 0.2) is 5.78 Å². The molecule has 1 aromatic rings. The molecule has 1 aromatic carbocycles. The van der Waals surface area contributed by atoms with Crippen molar-refractivity contribution in [2.75, 3.05) is 11.6 Å². The van der Waals surface area contributed by atoms with Gasteiger partial charge in [0, 0.05) is 5.56 Å². The molecule has 0 heterocycles. The predicted octanol–water partition coefficient (Wildman–Crippen LogP) is 2.48. The summed E-state index contributed by atoms with van der Waals surface area (Å²) in [6.07, 6.45) is 0. The third-order valence-corrected chi connectivity index (χ3v) is 2.08. The van der Waals surface area contributed by atoms with Crippen LogP contribution in [0.25, 0.3) is 0 Å². The van der Waals surface area contributed by atoms with Crippen molar-refractivity contribution >= 4 is 34.7 Å². The summed E-state index contributed by atoms with van der Waals surface area (Å²) in [5, 5.41) is 0.0217. The van der Waals surface area contributed by atoms with Crippen molar-refractivity contribution in [2.45, 2.75) is 0 Å². The Balaban J connectivity index is 3.20. The van der Waals surface area contributed by atoms with Crippen LogP contribution in [0.3, 0.4) is 0 Å². The van der Waals surface area contributed by atoms with Crippen molar-refractivity contribution in [2.24, 2.45) is 0 Å². The summed E-state index contributed by atoms with van der Waals surface area (Å²) >= 11 is 10.8. The molecule has 2 nitrogen and oxygen atoms in total. The molecular weight excluding hydrogens is 216 g/mol. The second-order valence-electron chi connectivity index (χ2n) is 2.41. The average Bonchev–Trinajstić information content (AvgIpc) is 2.12. The first-order valence-corrected chi connectivity index (χ1v) is 4.31. The lowest BCUT2D eigenvalue weighted by Crippen LogP contribution is -2.03. The highest BCUT2D eigenvalue weighted by atomic mass is 35.5. The third kappa shape index (κ3) is 2.11. The topological polar surface area (TPSA) is 43.1 Å². The molecule has 0 aliphatic rings. The van der Waals surface area contributed by atoms with Gasteiger partial charge >= 0.3 is 0 Å². The van der Waals surface area contributed by atoms with Gasteiger partial charge in [0.25, 0.3) is 0 Å². The minimum Gasteiger partial charge on any atom is -0.395 e. The maximum Gasteiger partial charge on any atom is 0.177 e. The van der Waals surface area contributed by atoms with Gasteiger partial charge in [-0.2, -0.15) is 0 Å². The van der Waals surface area contributed by atoms with Gasteiger partial charge in [0.2, 0.25) is 0 Å². The number of hydrogen-bond acceptors (Lipinski definition) is 2. The first-order chi connectivity index (χ1) is 6.06. The summed E-state index contributed by atoms with van der Waals surface area (Å²) < 4.78 is 12.9. The summed E-state index contributed by atoms with van der Waals surface area (Å²) in [6, 6.07) is 2.32. The van der Waals surface area contributed by atoms with Crippen molar-refractivity contribution in [1.82, 2.24) is 0 Å². The molecule has 0 fully saturated rings. The second kappa shape index (κ2) is 3.94. The molecule has 0 aliphatic heterocycles. The van der Waals surface area contributed by atoms with Gasteiger partial charge in [-0.1, -0.05) is 11.6 Å². The summed E-state index contributed by atoms with van der Waals surface area (Å²) in [5.74, 6) is -1.30. The molecular formula is C8H6Cl2FNO. The summed E-state index contributed by atoms with van der Waals surface area (Å²) in [7, 11) is 0. The molecule has 0 atom stereocenters. The molecule has 0 saturated heterocycles. The van der Waals surface area contributed by atoms with Crippen LogP contribution < -0.4 is 5.73 Å². The SMILES string of the molecule is Nc1c(F)cc(C(=O)CCl)cc1Cl. The molecule has 1 rings (SSSR count). The molecule has 0 bridgehead atoms. The molecule has 13 heavy (non-hydrogen) atoms. The Morgan fingerprint density at radius 2 is 2.15 bits per heavy atom. The van der Waals surface area contributed by atoms with E-state index in [1.54, 1.807) is 0 Å². The zero-order valence-electron chi connectivity index (χ0n) is 6.48. The van der Waals surface area contributed by atoms with E-state index in [0.717, 1.165) is 6.07 Å². The number of alkyl halides is 1. The fraction of sp³-hybridized carbons (Fsp3) is 0.125. The second-order valence-corrected chi connectivity index (χ2v) is 3.08. The van der Waals surface area contributed by atoms with Gasteiger partial charge in [-0.05, 0) is 12.1 Å². The van der Waals surface area contributed by atoms with Crippen LogP contribution in [0.2, 0.25) is 5.02 Å². The number of ketones is 1. The minimum atomic E-state index is -0.707. The van der Waals surface area contributed by atoms with Crippen LogP contribution in [0.5, 0.6) is 0 Å². The molecule has 0 radical (unpaired) electrons. The normalized spacial score (nSPS) is 10.1. The maximum absolute atomic E-state index is 12.9. The number of Topliss-reactive ketones (excluding diaryl/α,β-unsaturated/α-hetero) is 1. The van der Waals surface area contributed by atoms with Crippen LogP contribution in [-0.2, 0) is 0 Å². The molecule has 0 amide bonds. The zero-order chi connectivity index (χ0) is 10.0. The van der Waals surface area contributed by atoms with E-state index in [1.807, 2.05) is 0 Å². The first kappa shape index (κ1) is 10.3. The highest BCUT2D eigenvalue weighted by Gasteiger charge is 2.10. The summed E-state index contributed by atoms with van der Waals surface area (Å²) in [4.78, 5) is 11.0. The fourth-order valence-corrected chi connectivity index (χ4v) is 1.18. The highest BCUT2D eigenvalue weighted by molar-refractivity contribution is 6.34. The lowest BCUT2D eigenvalue weighted by Gasteiger charge is -2.02. The molecule has 70 valence electrons. The number of nitrogen functional groups attached to an aromatic ring is 1. The van der Waals surface area contributed by atoms with Crippen molar-refractivity contribution in [3.05, 3.63) is 28.5 Å². The highest BCUT2D eigenvalue weighted by Crippen LogP contribution is 2.23. The Kier molecular flexibility index (Phi) is 3.12. The van der Waals surface area contributed by atoms with E-state index >= 15 is 0 Å². The Morgan fingerprint density at radius 3 is 2.62 bits per heavy atom. The number of benzene rings is 1. The Bertz CT molecular complexity index is 331. The van der Waals surface area contributed by atoms with E-state index in [-0.39, 0.29) is 27.9 Å². The van der Waals surface area contributed by atoms with E-state index in [2.05, 4.69) is 0 Å². The zero-order valence-corrected chi connectivity index (χ0v) is 7.99. The number of nitrogens with two attached hydrogens (primary N) is 1. The van der Waals surface area contributed by atoms with Gasteiger partial charge in [-0.15, -0.1) is 11.6 Å². The molecule has 0 spiro atoms. The number of hydrogen-bond donors (Lipinski definition) is 1. The number of rotatable bonds is 2. The molecule has 5 heteroatoms. The quantitative estimate of drug-likeness (QED) is 0.474. The number of carbonyl (C=O) groups excluding carboxylic acids is 1. The minimum absolute atomic E-state index is 0.0217. The Morgan fingerprint density at radius 1 is 1.54 bits per heavy atom. The van der Waals surface area contributed by atoms with Crippen LogP contribution in [0.4, 0.5) is 10.1 Å². The average molecular weight is 222 g/mol. The van der Waals surface area contributed by atoms with Crippen LogP contribution in [0.1, 0.15) is 10.4 Å². The fourth-order valence-electron chi connectivity index (χ4n) is 0.822. The summed E-state index contributed by atoms with van der Waals surface area (Å²) in [5.41, 5.74) is 5.21. The van der Waals surface area contributed by atoms with Gasteiger partial charge in [-0.3, -0.25) is 4.79 Å². The van der Waals surface area contributed by atoms with Crippen LogP contribution in [0, 0.1) is 5.82 Å². The van der Waals surface area contributed by atoms with Crippen LogP contribution in [-0.4, -0.2) is 11.7 Å². The van der Waals surface area contributed by atoms with E-state index < -0.39 is 5.82 Å². The smallest absolute Gasteiger partial charge is 0.177 e. The van der Waals surface area contributed by atoms with E-state index in [1.165, 1.54) is 6.07 Å². The first-order valence-electron chi connectivity index (χ1n) is 3.40. The van der Waals surface area contributed by atoms with Crippen molar-refractivity contribution in [3.63, 3.8) is 0 Å². The van der Waals surface area contributed by atoms with Gasteiger partial charge in [0.05, 0.1) is 16.6 Å². The van der Waals surface area contributed by atoms with E-state index in [9.17, 15) is 9.18 Å². The van der Waals surface area contributed by atoms with Crippen molar-refractivity contribution in [1.29, 1.82) is 0 Å². The monoisotopic (exact) mass is 221 g/mol. The predicted molar refractivity (Wildman–Crippen MR) is 50.9 cm³/mol. The van der Waals surface area contributed by atoms with Gasteiger partial charge < -0.3 is 5.73 Å². The molecule has 0 aliphatic carbocycles. The van der Waals surface area contributed by atoms with E-state index in [0.29, 0.717) is 0 Å². The van der Waals surface area contributed by atoms with Crippen LogP contribution >= 0.6 is 23.2 Å². The number of anilines is 1. The molecule has 0 unspecified atom stereocenters. The Labute approximate surface area is 84.4 Å². The molecule has 0 aromatic heterocycles. The van der Waals surface area contributed by atoms with E-state index in [4.69, 9.17) is 28.9 Å². The van der Waals surface area contributed by atoms with Gasteiger partial charge in [-0.25, -0.2) is 4.39 Å². The van der Waals surface area contributed by atoms with Gasteiger partial charge in [0.1, 0.15) is 5.82 Å². The third-order valence-electron chi connectivity index (χ3n) is 1.52. The molecule has 2 N–H and O–H groups in total. The summed E-state index contributed by atoms with van der Waals surface area (Å²) in [6.45, 7) is 0. The van der Waals surface area contributed by atoms with Crippen molar-refractivity contribution in [3.8, 4) is 0 Å². The number of carbonyl (C=O) groups is 1.